The monoisotopic (exact) mass is 493 g/mol. The van der Waals surface area contributed by atoms with Gasteiger partial charge in [-0.15, -0.1) is 11.3 Å². The number of rotatable bonds is 7. The minimum Gasteiger partial charge on any atom is -0.374 e. The molecule has 0 spiro atoms. The fourth-order valence-electron chi connectivity index (χ4n) is 4.32. The van der Waals surface area contributed by atoms with Crippen molar-refractivity contribution in [1.82, 2.24) is 25.6 Å². The number of thiazole rings is 1. The van der Waals surface area contributed by atoms with Crippen LogP contribution in [-0.4, -0.2) is 32.6 Å². The minimum absolute atomic E-state index is 0.0330. The Morgan fingerprint density at radius 1 is 1.17 bits per heavy atom. The summed E-state index contributed by atoms with van der Waals surface area (Å²) < 4.78 is 0. The highest BCUT2D eigenvalue weighted by Crippen LogP contribution is 2.33. The van der Waals surface area contributed by atoms with Gasteiger partial charge in [0.15, 0.2) is 0 Å². The van der Waals surface area contributed by atoms with Gasteiger partial charge in [0, 0.05) is 47.2 Å². The predicted octanol–water partition coefficient (Wildman–Crippen LogP) is 4.84. The summed E-state index contributed by atoms with van der Waals surface area (Å²) >= 11 is 1.61. The topological polar surface area (TPSA) is 107 Å². The molecule has 1 saturated carbocycles. The fraction of sp³-hybridized carbons (Fsp3) is 0.500. The summed E-state index contributed by atoms with van der Waals surface area (Å²) in [6.07, 6.45) is 2.98. The van der Waals surface area contributed by atoms with Crippen LogP contribution in [0.15, 0.2) is 29.8 Å². The first-order valence-electron chi connectivity index (χ1n) is 12.2. The molecule has 0 amide bonds. The van der Waals surface area contributed by atoms with E-state index in [0.29, 0.717) is 29.2 Å². The van der Waals surface area contributed by atoms with Crippen LogP contribution >= 0.6 is 11.3 Å². The Labute approximate surface area is 211 Å². The molecule has 2 aromatic heterocycles. The van der Waals surface area contributed by atoms with Gasteiger partial charge in [-0.3, -0.25) is 5.32 Å². The maximum Gasteiger partial charge on any atom is 0.229 e. The second-order valence-electron chi connectivity index (χ2n) is 11.2. The molecule has 1 atom stereocenters. The van der Waals surface area contributed by atoms with Crippen LogP contribution in [-0.2, 0) is 17.4 Å². The van der Waals surface area contributed by atoms with Gasteiger partial charge in [-0.2, -0.15) is 4.98 Å². The number of aliphatic hydroxyl groups excluding tert-OH is 1. The van der Waals surface area contributed by atoms with Crippen LogP contribution in [0.3, 0.4) is 0 Å². The minimum atomic E-state index is -0.850. The van der Waals surface area contributed by atoms with Crippen LogP contribution in [0, 0.1) is 0 Å². The quantitative estimate of drug-likeness (QED) is 0.298. The molecule has 0 saturated heterocycles. The number of aliphatic hydroxyl groups is 1. The molecule has 5 rings (SSSR count). The van der Waals surface area contributed by atoms with Crippen LogP contribution < -0.4 is 21.3 Å². The predicted molar refractivity (Wildman–Crippen MR) is 142 cm³/mol. The van der Waals surface area contributed by atoms with Crippen LogP contribution in [0.4, 0.5) is 23.3 Å². The van der Waals surface area contributed by atoms with Crippen molar-refractivity contribution < 1.29 is 5.11 Å². The number of hydrogen-bond donors (Lipinski definition) is 5. The zero-order chi connectivity index (χ0) is 24.8. The van der Waals surface area contributed by atoms with Crippen molar-refractivity contribution in [3.05, 3.63) is 51.5 Å². The van der Waals surface area contributed by atoms with E-state index in [1.54, 1.807) is 17.5 Å². The third-order valence-corrected chi connectivity index (χ3v) is 7.72. The summed E-state index contributed by atoms with van der Waals surface area (Å²) in [7, 11) is 0. The fourth-order valence-corrected chi connectivity index (χ4v) is 5.16. The Morgan fingerprint density at radius 2 is 1.97 bits per heavy atom. The second-order valence-corrected chi connectivity index (χ2v) is 12.1. The SMILES string of the molecule is CC(C)(C)c1nc(Nc2nc(Nc3ccc4c(c3)CNCC4(C)C)ncc2C(O)NC2CC2)cs1. The molecule has 1 aliphatic carbocycles. The lowest BCUT2D eigenvalue weighted by atomic mass is 9.79. The normalized spacial score (nSPS) is 18.1. The molecule has 1 aromatic carbocycles. The first-order chi connectivity index (χ1) is 16.6. The van der Waals surface area contributed by atoms with Gasteiger partial charge < -0.3 is 21.1 Å². The lowest BCUT2D eigenvalue weighted by Crippen LogP contribution is -2.38. The van der Waals surface area contributed by atoms with Crippen molar-refractivity contribution in [2.45, 2.75) is 77.1 Å². The average Bonchev–Trinajstić information content (AvgIpc) is 3.46. The van der Waals surface area contributed by atoms with E-state index in [4.69, 9.17) is 9.97 Å². The molecular weight excluding hydrogens is 458 g/mol. The van der Waals surface area contributed by atoms with Gasteiger partial charge >= 0.3 is 0 Å². The number of benzene rings is 1. The molecule has 1 aliphatic heterocycles. The summed E-state index contributed by atoms with van der Waals surface area (Å²) in [4.78, 5) is 14.0. The highest BCUT2D eigenvalue weighted by atomic mass is 32.1. The Hall–Kier alpha value is -2.59. The van der Waals surface area contributed by atoms with Crippen molar-refractivity contribution in [3.8, 4) is 0 Å². The molecule has 0 bridgehead atoms. The largest absolute Gasteiger partial charge is 0.374 e. The lowest BCUT2D eigenvalue weighted by Gasteiger charge is -2.33. The summed E-state index contributed by atoms with van der Waals surface area (Å²) in [5.74, 6) is 1.71. The molecule has 186 valence electrons. The first kappa shape index (κ1) is 24.1. The Balaban J connectivity index is 1.42. The zero-order valence-corrected chi connectivity index (χ0v) is 21.9. The van der Waals surface area contributed by atoms with Crippen molar-refractivity contribution in [1.29, 1.82) is 0 Å². The number of aromatic nitrogens is 3. The van der Waals surface area contributed by atoms with E-state index >= 15 is 0 Å². The Kier molecular flexibility index (Phi) is 6.29. The van der Waals surface area contributed by atoms with Crippen LogP contribution in [0.1, 0.15) is 75.4 Å². The number of nitrogens with one attached hydrogen (secondary N) is 4. The van der Waals surface area contributed by atoms with E-state index in [2.05, 4.69) is 79.1 Å². The molecule has 1 unspecified atom stereocenters. The summed E-state index contributed by atoms with van der Waals surface area (Å²) in [5.41, 5.74) is 4.25. The molecule has 5 N–H and O–H groups in total. The van der Waals surface area contributed by atoms with E-state index in [9.17, 15) is 5.11 Å². The first-order valence-corrected chi connectivity index (χ1v) is 13.1. The average molecular weight is 494 g/mol. The number of anilines is 4. The lowest BCUT2D eigenvalue weighted by molar-refractivity contribution is 0.137. The van der Waals surface area contributed by atoms with Gasteiger partial charge in [0.2, 0.25) is 5.95 Å². The van der Waals surface area contributed by atoms with Gasteiger partial charge in [-0.25, -0.2) is 9.97 Å². The smallest absolute Gasteiger partial charge is 0.229 e. The number of hydrogen-bond acceptors (Lipinski definition) is 9. The van der Waals surface area contributed by atoms with Gasteiger partial charge in [-0.05, 0) is 36.1 Å². The molecule has 1 fully saturated rings. The van der Waals surface area contributed by atoms with E-state index in [1.807, 2.05) is 5.38 Å². The summed E-state index contributed by atoms with van der Waals surface area (Å²) in [6.45, 7) is 12.8. The van der Waals surface area contributed by atoms with Gasteiger partial charge in [0.1, 0.15) is 22.9 Å². The van der Waals surface area contributed by atoms with Crippen LogP contribution in [0.5, 0.6) is 0 Å². The molecule has 35 heavy (non-hydrogen) atoms. The maximum atomic E-state index is 10.8. The van der Waals surface area contributed by atoms with Crippen molar-refractivity contribution in [3.63, 3.8) is 0 Å². The van der Waals surface area contributed by atoms with Gasteiger partial charge in [0.25, 0.3) is 0 Å². The van der Waals surface area contributed by atoms with Crippen molar-refractivity contribution in [2.24, 2.45) is 0 Å². The van der Waals surface area contributed by atoms with Crippen LogP contribution in [0.25, 0.3) is 0 Å². The Bertz CT molecular complexity index is 1210. The summed E-state index contributed by atoms with van der Waals surface area (Å²) in [6, 6.07) is 6.78. The van der Waals surface area contributed by atoms with E-state index < -0.39 is 6.23 Å². The molecule has 3 aromatic rings. The molecular formula is C26H35N7OS. The highest BCUT2D eigenvalue weighted by molar-refractivity contribution is 7.10. The van der Waals surface area contributed by atoms with E-state index in [-0.39, 0.29) is 10.8 Å². The van der Waals surface area contributed by atoms with Crippen LogP contribution in [0.2, 0.25) is 0 Å². The molecule has 8 nitrogen and oxygen atoms in total. The van der Waals surface area contributed by atoms with Gasteiger partial charge in [0.05, 0.1) is 5.56 Å². The third-order valence-electron chi connectivity index (χ3n) is 6.45. The van der Waals surface area contributed by atoms with Crippen molar-refractivity contribution >= 4 is 34.6 Å². The second kappa shape index (κ2) is 9.13. The molecule has 3 heterocycles. The number of nitrogens with zero attached hydrogens (tertiary/aromatic N) is 3. The zero-order valence-electron chi connectivity index (χ0n) is 21.1. The van der Waals surface area contributed by atoms with Gasteiger partial charge in [-0.1, -0.05) is 40.7 Å². The Morgan fingerprint density at radius 3 is 2.69 bits per heavy atom. The molecule has 0 radical (unpaired) electrons. The van der Waals surface area contributed by atoms with Crippen molar-refractivity contribution in [2.75, 3.05) is 17.2 Å². The number of fused-ring (bicyclic) bond motifs is 1. The highest BCUT2D eigenvalue weighted by Gasteiger charge is 2.28. The maximum absolute atomic E-state index is 10.8. The summed E-state index contributed by atoms with van der Waals surface area (Å²) in [5, 5.41) is 27.2. The van der Waals surface area contributed by atoms with E-state index in [0.717, 1.165) is 36.6 Å². The van der Waals surface area contributed by atoms with E-state index in [1.165, 1.54) is 11.1 Å². The molecule has 9 heteroatoms. The standard InChI is InChI=1S/C26H35N7OS/c1-25(2,3)23-32-20(13-35-23)31-21-18(22(34)29-16-6-7-16)12-28-24(33-21)30-17-8-9-19-15(10-17)11-27-14-26(19,4)5/h8-10,12-13,16,22,27,29,34H,6-7,11,14H2,1-5H3,(H2,28,30,31,33). The molecule has 2 aliphatic rings. The third kappa shape index (κ3) is 5.48.